The van der Waals surface area contributed by atoms with E-state index in [0.29, 0.717) is 11.1 Å². The van der Waals surface area contributed by atoms with Crippen LogP contribution in [0.4, 0.5) is 8.78 Å². The Hall–Kier alpha value is -0.960. The molecule has 0 aliphatic heterocycles. The van der Waals surface area contributed by atoms with E-state index in [9.17, 15) is 8.78 Å². The van der Waals surface area contributed by atoms with Gasteiger partial charge in [0.05, 0.1) is 0 Å². The maximum atomic E-state index is 12.6. The highest BCUT2D eigenvalue weighted by molar-refractivity contribution is 5.23. The molecule has 1 rings (SSSR count). The van der Waals surface area contributed by atoms with E-state index in [-0.39, 0.29) is 6.54 Å². The van der Waals surface area contributed by atoms with Crippen molar-refractivity contribution < 1.29 is 8.78 Å². The van der Waals surface area contributed by atoms with Crippen LogP contribution < -0.4 is 5.73 Å². The molecule has 0 heterocycles. The van der Waals surface area contributed by atoms with E-state index in [1.54, 1.807) is 6.07 Å². The van der Waals surface area contributed by atoms with Gasteiger partial charge in [0, 0.05) is 6.54 Å². The lowest BCUT2D eigenvalue weighted by Crippen LogP contribution is -1.97. The summed E-state index contributed by atoms with van der Waals surface area (Å²) in [5.74, 6) is -0.430. The topological polar surface area (TPSA) is 26.0 Å². The van der Waals surface area contributed by atoms with Crippen LogP contribution in [-0.4, -0.2) is 0 Å². The molecule has 0 saturated heterocycles. The number of nitrogens with two attached hydrogens (primary N) is 1. The van der Waals surface area contributed by atoms with Gasteiger partial charge in [0.2, 0.25) is 0 Å². The second-order valence-electron chi connectivity index (χ2n) is 2.31. The molecule has 0 radical (unpaired) electrons. The average molecular weight is 157 g/mol. The zero-order valence-electron chi connectivity index (χ0n) is 5.98. The summed E-state index contributed by atoms with van der Waals surface area (Å²) in [7, 11) is 0. The third-order valence-electron chi connectivity index (χ3n) is 1.41. The minimum absolute atomic E-state index is 0.241. The van der Waals surface area contributed by atoms with Crippen LogP contribution in [0.1, 0.15) is 11.1 Å². The molecule has 0 fully saturated rings. The van der Waals surface area contributed by atoms with Crippen molar-refractivity contribution in [1.82, 2.24) is 0 Å². The van der Waals surface area contributed by atoms with E-state index in [1.165, 1.54) is 12.1 Å². The van der Waals surface area contributed by atoms with Crippen LogP contribution in [0.15, 0.2) is 18.2 Å². The third kappa shape index (κ3) is 1.98. The molecule has 0 aliphatic rings. The van der Waals surface area contributed by atoms with Gasteiger partial charge in [-0.3, -0.25) is 0 Å². The normalized spacial score (nSPS) is 10.1. The van der Waals surface area contributed by atoms with Crippen LogP contribution in [0.5, 0.6) is 0 Å². The predicted molar refractivity (Wildman–Crippen MR) is 39.1 cm³/mol. The minimum Gasteiger partial charge on any atom is -0.326 e. The lowest BCUT2D eigenvalue weighted by Gasteiger charge is -1.99. The lowest BCUT2D eigenvalue weighted by atomic mass is 10.1. The Balaban J connectivity index is 3.02. The van der Waals surface area contributed by atoms with Crippen molar-refractivity contribution in [2.45, 2.75) is 13.2 Å². The minimum atomic E-state index is -0.648. The first-order valence-electron chi connectivity index (χ1n) is 3.30. The maximum Gasteiger partial charge on any atom is 0.123 e. The molecule has 0 spiro atoms. The molecule has 3 heteroatoms. The van der Waals surface area contributed by atoms with Gasteiger partial charge in [0.25, 0.3) is 0 Å². The third-order valence-corrected chi connectivity index (χ3v) is 1.41. The number of halogens is 2. The molecule has 11 heavy (non-hydrogen) atoms. The zero-order valence-corrected chi connectivity index (χ0v) is 5.98. The molecule has 0 saturated carbocycles. The molecular weight excluding hydrogens is 148 g/mol. The van der Waals surface area contributed by atoms with Crippen LogP contribution in [0, 0.1) is 5.82 Å². The Morgan fingerprint density at radius 1 is 1.18 bits per heavy atom. The van der Waals surface area contributed by atoms with E-state index >= 15 is 0 Å². The van der Waals surface area contributed by atoms with E-state index in [0.717, 1.165) is 0 Å². The van der Waals surface area contributed by atoms with Gasteiger partial charge in [-0.2, -0.15) is 0 Å². The van der Waals surface area contributed by atoms with E-state index in [4.69, 9.17) is 5.73 Å². The van der Waals surface area contributed by atoms with Gasteiger partial charge in [0.1, 0.15) is 12.5 Å². The summed E-state index contributed by atoms with van der Waals surface area (Å²) in [5.41, 5.74) is 6.21. The number of alkyl halides is 1. The van der Waals surface area contributed by atoms with Crippen molar-refractivity contribution in [2.75, 3.05) is 0 Å². The number of rotatable bonds is 2. The van der Waals surface area contributed by atoms with Gasteiger partial charge < -0.3 is 5.73 Å². The summed E-state index contributed by atoms with van der Waals surface area (Å²) >= 11 is 0. The molecule has 0 aliphatic carbocycles. The predicted octanol–water partition coefficient (Wildman–Crippen LogP) is 1.75. The standard InChI is InChI=1S/C8H9F2N/c9-4-6-1-7(5-11)3-8(10)2-6/h1-3H,4-5,11H2. The van der Waals surface area contributed by atoms with Crippen molar-refractivity contribution in [2.24, 2.45) is 5.73 Å². The Kier molecular flexibility index (Phi) is 2.54. The second kappa shape index (κ2) is 3.44. The summed E-state index contributed by atoms with van der Waals surface area (Å²) in [6.07, 6.45) is 0. The summed E-state index contributed by atoms with van der Waals surface area (Å²) in [5, 5.41) is 0. The molecule has 0 aromatic heterocycles. The molecule has 1 aromatic rings. The summed E-state index contributed by atoms with van der Waals surface area (Å²) in [6, 6.07) is 4.03. The summed E-state index contributed by atoms with van der Waals surface area (Å²) < 4.78 is 24.6. The monoisotopic (exact) mass is 157 g/mol. The highest BCUT2D eigenvalue weighted by Crippen LogP contribution is 2.09. The Morgan fingerprint density at radius 3 is 2.36 bits per heavy atom. The smallest absolute Gasteiger partial charge is 0.123 e. The van der Waals surface area contributed by atoms with E-state index in [1.807, 2.05) is 0 Å². The number of hydrogen-bond acceptors (Lipinski definition) is 1. The largest absolute Gasteiger partial charge is 0.326 e. The van der Waals surface area contributed by atoms with Crippen molar-refractivity contribution >= 4 is 0 Å². The Bertz CT molecular complexity index is 226. The Morgan fingerprint density at radius 2 is 1.82 bits per heavy atom. The first-order valence-corrected chi connectivity index (χ1v) is 3.30. The van der Waals surface area contributed by atoms with Crippen molar-refractivity contribution in [3.05, 3.63) is 35.1 Å². The second-order valence-corrected chi connectivity index (χ2v) is 2.31. The summed E-state index contributed by atoms with van der Waals surface area (Å²) in [4.78, 5) is 0. The lowest BCUT2D eigenvalue weighted by molar-refractivity contribution is 0.482. The first-order chi connectivity index (χ1) is 5.26. The van der Waals surface area contributed by atoms with Crippen molar-refractivity contribution in [1.29, 1.82) is 0 Å². The molecule has 0 unspecified atom stereocenters. The van der Waals surface area contributed by atoms with E-state index in [2.05, 4.69) is 0 Å². The first kappa shape index (κ1) is 8.14. The van der Waals surface area contributed by atoms with Crippen LogP contribution in [0.2, 0.25) is 0 Å². The SMILES string of the molecule is NCc1cc(F)cc(CF)c1. The zero-order chi connectivity index (χ0) is 8.27. The molecule has 1 nitrogen and oxygen atoms in total. The number of hydrogen-bond donors (Lipinski definition) is 1. The molecule has 0 amide bonds. The maximum absolute atomic E-state index is 12.6. The van der Waals surface area contributed by atoms with Crippen molar-refractivity contribution in [3.8, 4) is 0 Å². The molecule has 1 aromatic carbocycles. The molecule has 2 N–H and O–H groups in total. The van der Waals surface area contributed by atoms with E-state index < -0.39 is 12.5 Å². The highest BCUT2D eigenvalue weighted by atomic mass is 19.1. The molecule has 0 atom stereocenters. The Labute approximate surface area is 63.8 Å². The molecule has 60 valence electrons. The average Bonchev–Trinajstić information content (AvgIpc) is 2.03. The van der Waals surface area contributed by atoms with Crippen LogP contribution in [0.3, 0.4) is 0 Å². The van der Waals surface area contributed by atoms with Crippen LogP contribution >= 0.6 is 0 Å². The van der Waals surface area contributed by atoms with Crippen LogP contribution in [0.25, 0.3) is 0 Å². The van der Waals surface area contributed by atoms with Gasteiger partial charge in [0.15, 0.2) is 0 Å². The number of benzene rings is 1. The fourth-order valence-electron chi connectivity index (χ4n) is 0.912. The quantitative estimate of drug-likeness (QED) is 0.695. The van der Waals surface area contributed by atoms with Gasteiger partial charge in [-0.05, 0) is 23.3 Å². The van der Waals surface area contributed by atoms with Gasteiger partial charge in [-0.15, -0.1) is 0 Å². The van der Waals surface area contributed by atoms with Gasteiger partial charge in [-0.1, -0.05) is 6.07 Å². The van der Waals surface area contributed by atoms with Crippen LogP contribution in [-0.2, 0) is 13.2 Å². The molecular formula is C8H9F2N. The van der Waals surface area contributed by atoms with Gasteiger partial charge in [-0.25, -0.2) is 8.78 Å². The fourth-order valence-corrected chi connectivity index (χ4v) is 0.912. The highest BCUT2D eigenvalue weighted by Gasteiger charge is 1.98. The van der Waals surface area contributed by atoms with Gasteiger partial charge >= 0.3 is 0 Å². The fraction of sp³-hybridized carbons (Fsp3) is 0.250. The van der Waals surface area contributed by atoms with Crippen molar-refractivity contribution in [3.63, 3.8) is 0 Å². The summed E-state index contributed by atoms with van der Waals surface area (Å²) in [6.45, 7) is -0.407. The molecule has 0 bridgehead atoms.